The van der Waals surface area contributed by atoms with E-state index in [-0.39, 0.29) is 17.5 Å². The third kappa shape index (κ3) is 2.37. The lowest BCUT2D eigenvalue weighted by Gasteiger charge is -2.33. The van der Waals surface area contributed by atoms with E-state index in [1.165, 1.54) is 6.07 Å². The summed E-state index contributed by atoms with van der Waals surface area (Å²) in [6.45, 7) is 1.36. The molecule has 0 radical (unpaired) electrons. The first-order valence-corrected chi connectivity index (χ1v) is 7.81. The lowest BCUT2D eigenvalue weighted by molar-refractivity contribution is -0.126. The molecule has 114 valence electrons. The minimum Gasteiger partial charge on any atom is -0.469 e. The molecule has 1 atom stereocenters. The van der Waals surface area contributed by atoms with Crippen molar-refractivity contribution in [3.8, 4) is 0 Å². The zero-order valence-electron chi connectivity index (χ0n) is 12.3. The van der Waals surface area contributed by atoms with Crippen LogP contribution in [0.3, 0.4) is 0 Å². The number of furan rings is 1. The third-order valence-corrected chi connectivity index (χ3v) is 4.65. The van der Waals surface area contributed by atoms with Crippen LogP contribution in [0.2, 0.25) is 0 Å². The molecule has 2 heterocycles. The Morgan fingerprint density at radius 1 is 1.27 bits per heavy atom. The Bertz CT molecular complexity index is 705. The first-order valence-electron chi connectivity index (χ1n) is 7.81. The second kappa shape index (κ2) is 5.36. The van der Waals surface area contributed by atoms with Crippen LogP contribution >= 0.6 is 0 Å². The predicted octanol–water partition coefficient (Wildman–Crippen LogP) is 3.50. The Labute approximate surface area is 128 Å². The first-order chi connectivity index (χ1) is 10.7. The summed E-state index contributed by atoms with van der Waals surface area (Å²) in [6.07, 6.45) is 4.34. The van der Waals surface area contributed by atoms with Gasteiger partial charge >= 0.3 is 0 Å². The standard InChI is InChI=1S/C18H18FNO2/c19-15-4-2-1-3-14(15)17(18(21)12-5-6-12)20-9-7-16-13(11-20)8-10-22-16/h1-4,8,10,12,17H,5-7,9,11H2. The fraction of sp³-hybridized carbons (Fsp3) is 0.389. The van der Waals surface area contributed by atoms with E-state index in [0.717, 1.165) is 37.1 Å². The van der Waals surface area contributed by atoms with Gasteiger partial charge in [0.05, 0.1) is 12.3 Å². The van der Waals surface area contributed by atoms with Gasteiger partial charge in [0, 0.05) is 36.6 Å². The molecule has 4 rings (SSSR count). The largest absolute Gasteiger partial charge is 0.469 e. The van der Waals surface area contributed by atoms with Gasteiger partial charge in [-0.3, -0.25) is 9.69 Å². The van der Waals surface area contributed by atoms with Crippen LogP contribution in [0, 0.1) is 11.7 Å². The average molecular weight is 299 g/mol. The normalized spacial score (nSPS) is 19.7. The smallest absolute Gasteiger partial charge is 0.157 e. The number of fused-ring (bicyclic) bond motifs is 1. The maximum absolute atomic E-state index is 14.3. The van der Waals surface area contributed by atoms with Crippen molar-refractivity contribution in [3.05, 3.63) is 59.3 Å². The highest BCUT2D eigenvalue weighted by molar-refractivity contribution is 5.89. The Morgan fingerprint density at radius 3 is 2.86 bits per heavy atom. The summed E-state index contributed by atoms with van der Waals surface area (Å²) in [6, 6.07) is 8.13. The highest BCUT2D eigenvalue weighted by Gasteiger charge is 2.40. The third-order valence-electron chi connectivity index (χ3n) is 4.65. The summed E-state index contributed by atoms with van der Waals surface area (Å²) in [5, 5.41) is 0. The summed E-state index contributed by atoms with van der Waals surface area (Å²) in [5.41, 5.74) is 1.61. The van der Waals surface area contributed by atoms with Crippen LogP contribution in [0.5, 0.6) is 0 Å². The second-order valence-corrected chi connectivity index (χ2v) is 6.19. The lowest BCUT2D eigenvalue weighted by atomic mass is 9.95. The van der Waals surface area contributed by atoms with Crippen LogP contribution in [-0.4, -0.2) is 17.2 Å². The Morgan fingerprint density at radius 2 is 2.09 bits per heavy atom. The zero-order valence-corrected chi connectivity index (χ0v) is 12.3. The van der Waals surface area contributed by atoms with Crippen molar-refractivity contribution >= 4 is 5.78 Å². The molecular weight excluding hydrogens is 281 g/mol. The molecule has 0 amide bonds. The Balaban J connectivity index is 1.69. The molecule has 2 aliphatic rings. The predicted molar refractivity (Wildman–Crippen MR) is 79.7 cm³/mol. The molecular formula is C18H18FNO2. The number of nitrogens with zero attached hydrogens (tertiary/aromatic N) is 1. The second-order valence-electron chi connectivity index (χ2n) is 6.19. The van der Waals surface area contributed by atoms with Crippen LogP contribution in [0.15, 0.2) is 41.0 Å². The van der Waals surface area contributed by atoms with Crippen molar-refractivity contribution in [2.45, 2.75) is 31.8 Å². The van der Waals surface area contributed by atoms with Crippen molar-refractivity contribution in [2.24, 2.45) is 5.92 Å². The van der Waals surface area contributed by atoms with Gasteiger partial charge in [0.2, 0.25) is 0 Å². The first kappa shape index (κ1) is 13.7. The van der Waals surface area contributed by atoms with Crippen molar-refractivity contribution < 1.29 is 13.6 Å². The number of hydrogen-bond acceptors (Lipinski definition) is 3. The number of hydrogen-bond donors (Lipinski definition) is 0. The number of benzene rings is 1. The maximum atomic E-state index is 14.3. The summed E-state index contributed by atoms with van der Waals surface area (Å²) < 4.78 is 19.7. The summed E-state index contributed by atoms with van der Waals surface area (Å²) in [4.78, 5) is 14.9. The van der Waals surface area contributed by atoms with Crippen LogP contribution in [0.1, 0.15) is 35.8 Å². The summed E-state index contributed by atoms with van der Waals surface area (Å²) in [5.74, 6) is 0.967. The van der Waals surface area contributed by atoms with Gasteiger partial charge < -0.3 is 4.42 Å². The summed E-state index contributed by atoms with van der Waals surface area (Å²) >= 11 is 0. The minimum atomic E-state index is -0.475. The quantitative estimate of drug-likeness (QED) is 0.866. The molecule has 0 N–H and O–H groups in total. The SMILES string of the molecule is O=C(C1CC1)C(c1ccccc1F)N1CCc2occc2C1. The van der Waals surface area contributed by atoms with Gasteiger partial charge in [-0.1, -0.05) is 18.2 Å². The van der Waals surface area contributed by atoms with Gasteiger partial charge in [-0.2, -0.15) is 0 Å². The van der Waals surface area contributed by atoms with Gasteiger partial charge in [0.15, 0.2) is 5.78 Å². The molecule has 0 spiro atoms. The number of ketones is 1. The van der Waals surface area contributed by atoms with E-state index in [2.05, 4.69) is 4.90 Å². The van der Waals surface area contributed by atoms with Gasteiger partial charge in [0.1, 0.15) is 11.6 Å². The van der Waals surface area contributed by atoms with Crippen molar-refractivity contribution in [2.75, 3.05) is 6.54 Å². The average Bonchev–Trinajstić information content (AvgIpc) is 3.27. The Kier molecular flexibility index (Phi) is 3.34. The molecule has 22 heavy (non-hydrogen) atoms. The van der Waals surface area contributed by atoms with Crippen LogP contribution in [-0.2, 0) is 17.8 Å². The van der Waals surface area contributed by atoms with Crippen LogP contribution in [0.25, 0.3) is 0 Å². The lowest BCUT2D eigenvalue weighted by Crippen LogP contribution is -2.38. The van der Waals surface area contributed by atoms with E-state index in [0.29, 0.717) is 12.1 Å². The molecule has 2 aromatic rings. The van der Waals surface area contributed by atoms with Crippen LogP contribution in [0.4, 0.5) is 4.39 Å². The molecule has 4 heteroatoms. The Hall–Kier alpha value is -1.94. The van der Waals surface area contributed by atoms with E-state index >= 15 is 0 Å². The van der Waals surface area contributed by atoms with E-state index in [1.807, 2.05) is 6.07 Å². The number of rotatable bonds is 4. The molecule has 3 nitrogen and oxygen atoms in total. The minimum absolute atomic E-state index is 0.107. The van der Waals surface area contributed by atoms with E-state index in [4.69, 9.17) is 4.42 Å². The zero-order chi connectivity index (χ0) is 15.1. The number of carbonyl (C=O) groups is 1. The highest BCUT2D eigenvalue weighted by atomic mass is 19.1. The van der Waals surface area contributed by atoms with Crippen molar-refractivity contribution in [1.29, 1.82) is 0 Å². The molecule has 1 saturated carbocycles. The maximum Gasteiger partial charge on any atom is 0.157 e. The van der Waals surface area contributed by atoms with Gasteiger partial charge in [0.25, 0.3) is 0 Å². The topological polar surface area (TPSA) is 33.5 Å². The molecule has 1 unspecified atom stereocenters. The molecule has 1 aromatic carbocycles. The molecule has 0 bridgehead atoms. The summed E-state index contributed by atoms with van der Waals surface area (Å²) in [7, 11) is 0. The van der Waals surface area contributed by atoms with E-state index in [9.17, 15) is 9.18 Å². The van der Waals surface area contributed by atoms with Gasteiger partial charge in [-0.25, -0.2) is 4.39 Å². The fourth-order valence-electron chi connectivity index (χ4n) is 3.31. The monoisotopic (exact) mass is 299 g/mol. The van der Waals surface area contributed by atoms with Crippen molar-refractivity contribution in [3.63, 3.8) is 0 Å². The molecule has 1 aromatic heterocycles. The molecule has 0 saturated heterocycles. The number of carbonyl (C=O) groups excluding carboxylic acids is 1. The van der Waals surface area contributed by atoms with Gasteiger partial charge in [-0.05, 0) is 25.0 Å². The van der Waals surface area contributed by atoms with Crippen LogP contribution < -0.4 is 0 Å². The molecule has 1 aliphatic carbocycles. The molecule has 1 aliphatic heterocycles. The van der Waals surface area contributed by atoms with E-state index < -0.39 is 6.04 Å². The fourth-order valence-corrected chi connectivity index (χ4v) is 3.31. The van der Waals surface area contributed by atoms with Crippen molar-refractivity contribution in [1.82, 2.24) is 4.90 Å². The highest BCUT2D eigenvalue weighted by Crippen LogP contribution is 2.39. The van der Waals surface area contributed by atoms with E-state index in [1.54, 1.807) is 24.5 Å². The number of Topliss-reactive ketones (excluding diaryl/α,β-unsaturated/α-hetero) is 1. The number of halogens is 1. The van der Waals surface area contributed by atoms with Gasteiger partial charge in [-0.15, -0.1) is 0 Å². The molecule has 1 fully saturated rings.